The molecular formula is C19H18ClN5O2S. The number of thioether (sulfide) groups is 1. The summed E-state index contributed by atoms with van der Waals surface area (Å²) in [6, 6.07) is 13.5. The Balaban J connectivity index is 1.46. The minimum Gasteiger partial charge on any atom is -0.454 e. The summed E-state index contributed by atoms with van der Waals surface area (Å²) < 4.78 is 10.8. The average molecular weight is 416 g/mol. The second-order valence-electron chi connectivity index (χ2n) is 6.13. The largest absolute Gasteiger partial charge is 0.454 e. The molecule has 0 amide bonds. The molecule has 0 bridgehead atoms. The fourth-order valence-electron chi connectivity index (χ4n) is 2.70. The van der Waals surface area contributed by atoms with Crippen LogP contribution in [0.3, 0.4) is 0 Å². The van der Waals surface area contributed by atoms with Crippen LogP contribution < -0.4 is 20.5 Å². The van der Waals surface area contributed by atoms with Gasteiger partial charge in [0.25, 0.3) is 0 Å². The van der Waals surface area contributed by atoms with Gasteiger partial charge in [-0.15, -0.1) is 11.8 Å². The number of nitrogens with two attached hydrogens (primary N) is 1. The number of hydrogen-bond acceptors (Lipinski definition) is 8. The van der Waals surface area contributed by atoms with Gasteiger partial charge in [0.1, 0.15) is 5.82 Å². The summed E-state index contributed by atoms with van der Waals surface area (Å²) in [4.78, 5) is 13.0. The highest BCUT2D eigenvalue weighted by molar-refractivity contribution is 7.98. The third kappa shape index (κ3) is 4.23. The molecule has 28 heavy (non-hydrogen) atoms. The van der Waals surface area contributed by atoms with Crippen molar-refractivity contribution in [2.24, 2.45) is 0 Å². The van der Waals surface area contributed by atoms with Crippen molar-refractivity contribution in [1.29, 1.82) is 0 Å². The molecule has 0 saturated heterocycles. The predicted octanol–water partition coefficient (Wildman–Crippen LogP) is 4.57. The van der Waals surface area contributed by atoms with Crippen molar-refractivity contribution in [1.82, 2.24) is 15.0 Å². The lowest BCUT2D eigenvalue weighted by Crippen LogP contribution is -2.08. The molecule has 1 aliphatic rings. The lowest BCUT2D eigenvalue weighted by molar-refractivity contribution is 0.174. The van der Waals surface area contributed by atoms with E-state index in [9.17, 15) is 0 Å². The molecule has 3 aromatic rings. The molecule has 0 spiro atoms. The van der Waals surface area contributed by atoms with E-state index in [2.05, 4.69) is 20.3 Å². The Hall–Kier alpha value is -2.71. The fourth-order valence-corrected chi connectivity index (χ4v) is 3.85. The highest BCUT2D eigenvalue weighted by Gasteiger charge is 2.19. The summed E-state index contributed by atoms with van der Waals surface area (Å²) in [7, 11) is 0. The van der Waals surface area contributed by atoms with Crippen molar-refractivity contribution < 1.29 is 9.47 Å². The molecule has 7 nitrogen and oxygen atoms in total. The zero-order valence-electron chi connectivity index (χ0n) is 15.1. The zero-order chi connectivity index (χ0) is 19.5. The van der Waals surface area contributed by atoms with Gasteiger partial charge in [0.05, 0.1) is 10.3 Å². The molecule has 0 aliphatic carbocycles. The first-order valence-electron chi connectivity index (χ1n) is 8.61. The van der Waals surface area contributed by atoms with Gasteiger partial charge in [-0.1, -0.05) is 29.8 Å². The quantitative estimate of drug-likeness (QED) is 0.604. The molecule has 0 fully saturated rings. The number of benzene rings is 2. The molecule has 144 valence electrons. The van der Waals surface area contributed by atoms with E-state index in [1.807, 2.05) is 49.4 Å². The molecule has 0 radical (unpaired) electrons. The molecule has 3 N–H and O–H groups in total. The van der Waals surface area contributed by atoms with E-state index in [4.69, 9.17) is 26.8 Å². The standard InChI is InChI=1S/C19H18ClN5O2S/c1-11(28-9-12-7-14(20)16-15(8-12)26-10-27-16)17-23-18(21)25-19(24-17)22-13-5-3-2-4-6-13/h2-8,11H,9-10H2,1H3,(H3,21,22,23,24,25)/t11-/m1/s1. The zero-order valence-corrected chi connectivity index (χ0v) is 16.6. The van der Waals surface area contributed by atoms with Crippen LogP contribution in [0.15, 0.2) is 42.5 Å². The van der Waals surface area contributed by atoms with Crippen LogP contribution in [0.2, 0.25) is 5.02 Å². The van der Waals surface area contributed by atoms with E-state index >= 15 is 0 Å². The van der Waals surface area contributed by atoms with Crippen LogP contribution in [0.1, 0.15) is 23.6 Å². The van der Waals surface area contributed by atoms with Crippen molar-refractivity contribution in [3.05, 3.63) is 58.9 Å². The normalized spacial score (nSPS) is 13.4. The minimum atomic E-state index is 0.00539. The van der Waals surface area contributed by atoms with E-state index in [1.165, 1.54) is 0 Å². The molecule has 1 aromatic heterocycles. The van der Waals surface area contributed by atoms with Crippen LogP contribution in [-0.4, -0.2) is 21.7 Å². The predicted molar refractivity (Wildman–Crippen MR) is 111 cm³/mol. The van der Waals surface area contributed by atoms with Gasteiger partial charge in [0, 0.05) is 11.4 Å². The van der Waals surface area contributed by atoms with Gasteiger partial charge >= 0.3 is 0 Å². The first-order chi connectivity index (χ1) is 13.6. The van der Waals surface area contributed by atoms with Crippen molar-refractivity contribution in [3.8, 4) is 11.5 Å². The van der Waals surface area contributed by atoms with Crippen LogP contribution in [0.25, 0.3) is 0 Å². The molecular weight excluding hydrogens is 398 g/mol. The van der Waals surface area contributed by atoms with Crippen LogP contribution >= 0.6 is 23.4 Å². The third-order valence-corrected chi connectivity index (χ3v) is 5.54. The van der Waals surface area contributed by atoms with Gasteiger partial charge in [-0.3, -0.25) is 0 Å². The van der Waals surface area contributed by atoms with E-state index in [-0.39, 0.29) is 18.0 Å². The van der Waals surface area contributed by atoms with Crippen LogP contribution in [0.5, 0.6) is 11.5 Å². The second-order valence-corrected chi connectivity index (χ2v) is 7.87. The lowest BCUT2D eigenvalue weighted by Gasteiger charge is -2.13. The Morgan fingerprint density at radius 2 is 2.00 bits per heavy atom. The molecule has 1 atom stereocenters. The number of fused-ring (bicyclic) bond motifs is 1. The number of rotatable bonds is 6. The van der Waals surface area contributed by atoms with Crippen molar-refractivity contribution in [2.45, 2.75) is 17.9 Å². The Labute approximate surface area is 171 Å². The van der Waals surface area contributed by atoms with Gasteiger partial charge in [0.15, 0.2) is 11.5 Å². The maximum absolute atomic E-state index is 6.25. The van der Waals surface area contributed by atoms with Gasteiger partial charge < -0.3 is 20.5 Å². The van der Waals surface area contributed by atoms with Crippen molar-refractivity contribution >= 4 is 40.9 Å². The number of ether oxygens (including phenoxy) is 2. The number of para-hydroxylation sites is 1. The van der Waals surface area contributed by atoms with E-state index < -0.39 is 0 Å². The van der Waals surface area contributed by atoms with E-state index in [1.54, 1.807) is 11.8 Å². The monoisotopic (exact) mass is 415 g/mol. The minimum absolute atomic E-state index is 0.00539. The number of hydrogen-bond donors (Lipinski definition) is 2. The number of nitrogen functional groups attached to an aromatic ring is 1. The molecule has 1 aliphatic heterocycles. The maximum atomic E-state index is 6.25. The van der Waals surface area contributed by atoms with Gasteiger partial charge in [0.2, 0.25) is 18.7 Å². The Kier molecular flexibility index (Phi) is 5.40. The van der Waals surface area contributed by atoms with E-state index in [0.717, 1.165) is 11.3 Å². The summed E-state index contributed by atoms with van der Waals surface area (Å²) >= 11 is 7.92. The highest BCUT2D eigenvalue weighted by Crippen LogP contribution is 2.41. The van der Waals surface area contributed by atoms with Crippen LogP contribution in [0, 0.1) is 0 Å². The number of halogens is 1. The van der Waals surface area contributed by atoms with Gasteiger partial charge in [-0.2, -0.15) is 15.0 Å². The smallest absolute Gasteiger partial charge is 0.232 e. The summed E-state index contributed by atoms with van der Waals surface area (Å²) in [5.74, 6) is 3.21. The first kappa shape index (κ1) is 18.6. The Bertz CT molecular complexity index is 990. The lowest BCUT2D eigenvalue weighted by atomic mass is 10.2. The number of aromatic nitrogens is 3. The van der Waals surface area contributed by atoms with Crippen molar-refractivity contribution in [2.75, 3.05) is 17.8 Å². The highest BCUT2D eigenvalue weighted by atomic mass is 35.5. The number of anilines is 3. The summed E-state index contributed by atoms with van der Waals surface area (Å²) in [6.07, 6.45) is 0. The third-order valence-electron chi connectivity index (χ3n) is 4.05. The summed E-state index contributed by atoms with van der Waals surface area (Å²) in [6.45, 7) is 2.23. The molecule has 9 heteroatoms. The Morgan fingerprint density at radius 3 is 2.82 bits per heavy atom. The molecule has 2 heterocycles. The van der Waals surface area contributed by atoms with E-state index in [0.29, 0.717) is 34.0 Å². The Morgan fingerprint density at radius 1 is 1.18 bits per heavy atom. The SMILES string of the molecule is C[C@@H](SCc1cc(Cl)c2c(c1)OCO2)c1nc(N)nc(Nc2ccccc2)n1. The second kappa shape index (κ2) is 8.12. The maximum Gasteiger partial charge on any atom is 0.232 e. The van der Waals surface area contributed by atoms with Crippen LogP contribution in [-0.2, 0) is 5.75 Å². The van der Waals surface area contributed by atoms with Gasteiger partial charge in [-0.25, -0.2) is 0 Å². The van der Waals surface area contributed by atoms with Gasteiger partial charge in [-0.05, 0) is 36.8 Å². The number of nitrogens with one attached hydrogen (secondary N) is 1. The van der Waals surface area contributed by atoms with Crippen molar-refractivity contribution in [3.63, 3.8) is 0 Å². The molecule has 2 aromatic carbocycles. The topological polar surface area (TPSA) is 95.2 Å². The molecule has 0 saturated carbocycles. The first-order valence-corrected chi connectivity index (χ1v) is 10.0. The van der Waals surface area contributed by atoms with Crippen LogP contribution in [0.4, 0.5) is 17.6 Å². The number of nitrogens with zero attached hydrogens (tertiary/aromatic N) is 3. The summed E-state index contributed by atoms with van der Waals surface area (Å²) in [5.41, 5.74) is 7.80. The molecule has 4 rings (SSSR count). The summed E-state index contributed by atoms with van der Waals surface area (Å²) in [5, 5.41) is 3.71. The molecule has 0 unspecified atom stereocenters. The fraction of sp³-hybridized carbons (Fsp3) is 0.211. The average Bonchev–Trinajstić information content (AvgIpc) is 3.16.